The summed E-state index contributed by atoms with van der Waals surface area (Å²) < 4.78 is 1.71. The predicted molar refractivity (Wildman–Crippen MR) is 56.6 cm³/mol. The summed E-state index contributed by atoms with van der Waals surface area (Å²) in [7, 11) is 0. The van der Waals surface area contributed by atoms with Gasteiger partial charge < -0.3 is 0 Å². The molecule has 13 heavy (non-hydrogen) atoms. The summed E-state index contributed by atoms with van der Waals surface area (Å²) in [6.45, 7) is 8.93. The van der Waals surface area contributed by atoms with Crippen LogP contribution in [-0.4, -0.2) is 9.78 Å². The molecule has 74 valence electrons. The van der Waals surface area contributed by atoms with Crippen LogP contribution in [0.15, 0.2) is 0 Å². The third-order valence-corrected chi connectivity index (χ3v) is 2.69. The van der Waals surface area contributed by atoms with Gasteiger partial charge in [-0.2, -0.15) is 5.10 Å². The van der Waals surface area contributed by atoms with Crippen molar-refractivity contribution in [2.75, 3.05) is 0 Å². The first-order chi connectivity index (χ1) is 5.88. The van der Waals surface area contributed by atoms with Gasteiger partial charge in [-0.3, -0.25) is 4.68 Å². The van der Waals surface area contributed by atoms with E-state index < -0.39 is 0 Å². The van der Waals surface area contributed by atoms with Gasteiger partial charge >= 0.3 is 0 Å². The van der Waals surface area contributed by atoms with Crippen LogP contribution >= 0.6 is 23.2 Å². The molecule has 0 amide bonds. The highest BCUT2D eigenvalue weighted by Gasteiger charge is 2.24. The van der Waals surface area contributed by atoms with Crippen LogP contribution in [0.1, 0.15) is 33.4 Å². The van der Waals surface area contributed by atoms with E-state index in [2.05, 4.69) is 25.9 Å². The SMILES string of the molecule is CCn1nc(C(C)(C)C)c(Cl)c1Cl. The third-order valence-electron chi connectivity index (χ3n) is 1.85. The number of aromatic nitrogens is 2. The quantitative estimate of drug-likeness (QED) is 0.709. The molecule has 0 N–H and O–H groups in total. The van der Waals surface area contributed by atoms with Crippen LogP contribution in [0, 0.1) is 0 Å². The first-order valence-corrected chi connectivity index (χ1v) is 5.05. The molecule has 0 bridgehead atoms. The standard InChI is InChI=1S/C9H14Cl2N2/c1-5-13-8(11)6(10)7(12-13)9(2,3)4/h5H2,1-4H3. The average Bonchev–Trinajstić information content (AvgIpc) is 2.28. The summed E-state index contributed by atoms with van der Waals surface area (Å²) in [5, 5.41) is 5.47. The molecule has 0 saturated heterocycles. The number of rotatable bonds is 1. The van der Waals surface area contributed by atoms with Crippen molar-refractivity contribution < 1.29 is 0 Å². The smallest absolute Gasteiger partial charge is 0.145 e. The van der Waals surface area contributed by atoms with Gasteiger partial charge in [-0.25, -0.2) is 0 Å². The highest BCUT2D eigenvalue weighted by atomic mass is 35.5. The Morgan fingerprint density at radius 3 is 2.08 bits per heavy atom. The Labute approximate surface area is 88.8 Å². The van der Waals surface area contributed by atoms with E-state index in [4.69, 9.17) is 23.2 Å². The monoisotopic (exact) mass is 220 g/mol. The lowest BCUT2D eigenvalue weighted by atomic mass is 9.92. The van der Waals surface area contributed by atoms with Crippen molar-refractivity contribution in [2.24, 2.45) is 0 Å². The zero-order chi connectivity index (χ0) is 10.2. The molecular weight excluding hydrogens is 207 g/mol. The van der Waals surface area contributed by atoms with E-state index in [0.717, 1.165) is 12.2 Å². The van der Waals surface area contributed by atoms with Gasteiger partial charge in [0, 0.05) is 12.0 Å². The topological polar surface area (TPSA) is 17.8 Å². The van der Waals surface area contributed by atoms with Crippen molar-refractivity contribution in [2.45, 2.75) is 39.7 Å². The van der Waals surface area contributed by atoms with Gasteiger partial charge in [0.05, 0.1) is 5.69 Å². The van der Waals surface area contributed by atoms with E-state index in [1.807, 2.05) is 6.92 Å². The van der Waals surface area contributed by atoms with Gasteiger partial charge in [-0.05, 0) is 6.92 Å². The Morgan fingerprint density at radius 1 is 1.31 bits per heavy atom. The van der Waals surface area contributed by atoms with E-state index in [0.29, 0.717) is 10.2 Å². The molecule has 0 unspecified atom stereocenters. The van der Waals surface area contributed by atoms with Crippen LogP contribution in [0.5, 0.6) is 0 Å². The molecule has 0 aromatic carbocycles. The summed E-state index contributed by atoms with van der Waals surface area (Å²) in [6, 6.07) is 0. The molecule has 0 radical (unpaired) electrons. The minimum atomic E-state index is -0.0544. The molecule has 1 heterocycles. The zero-order valence-corrected chi connectivity index (χ0v) is 9.87. The zero-order valence-electron chi connectivity index (χ0n) is 8.36. The Bertz CT molecular complexity index is 310. The van der Waals surface area contributed by atoms with Gasteiger partial charge in [0.2, 0.25) is 0 Å². The van der Waals surface area contributed by atoms with E-state index in [1.165, 1.54) is 0 Å². The minimum absolute atomic E-state index is 0.0544. The normalized spacial score (nSPS) is 12.2. The molecule has 1 aromatic heterocycles. The Balaban J connectivity index is 3.25. The first-order valence-electron chi connectivity index (χ1n) is 4.30. The van der Waals surface area contributed by atoms with Crippen molar-refractivity contribution in [1.82, 2.24) is 9.78 Å². The van der Waals surface area contributed by atoms with Gasteiger partial charge in [0.1, 0.15) is 10.2 Å². The van der Waals surface area contributed by atoms with Gasteiger partial charge in [-0.15, -0.1) is 0 Å². The molecule has 1 aromatic rings. The second-order valence-electron chi connectivity index (χ2n) is 4.02. The largest absolute Gasteiger partial charge is 0.252 e. The molecule has 0 aliphatic rings. The predicted octanol–water partition coefficient (Wildman–Crippen LogP) is 3.51. The van der Waals surface area contributed by atoms with Crippen LogP contribution in [0.4, 0.5) is 0 Å². The molecule has 0 atom stereocenters. The van der Waals surface area contributed by atoms with Crippen molar-refractivity contribution in [3.8, 4) is 0 Å². The van der Waals surface area contributed by atoms with Crippen LogP contribution in [0.25, 0.3) is 0 Å². The highest BCUT2D eigenvalue weighted by molar-refractivity contribution is 6.41. The molecule has 1 rings (SSSR count). The third kappa shape index (κ3) is 2.00. The molecule has 0 aliphatic carbocycles. The van der Waals surface area contributed by atoms with Crippen molar-refractivity contribution in [1.29, 1.82) is 0 Å². The Kier molecular flexibility index (Phi) is 2.93. The lowest BCUT2D eigenvalue weighted by molar-refractivity contribution is 0.541. The van der Waals surface area contributed by atoms with Crippen LogP contribution in [-0.2, 0) is 12.0 Å². The summed E-state index contributed by atoms with van der Waals surface area (Å²) in [5.74, 6) is 0. The summed E-state index contributed by atoms with van der Waals surface area (Å²) in [6.07, 6.45) is 0. The second kappa shape index (κ2) is 3.50. The number of aryl methyl sites for hydroxylation is 1. The minimum Gasteiger partial charge on any atom is -0.252 e. The fourth-order valence-electron chi connectivity index (χ4n) is 1.11. The van der Waals surface area contributed by atoms with E-state index in [9.17, 15) is 0 Å². The van der Waals surface area contributed by atoms with Crippen molar-refractivity contribution in [3.63, 3.8) is 0 Å². The Morgan fingerprint density at radius 2 is 1.85 bits per heavy atom. The first kappa shape index (κ1) is 10.9. The summed E-state index contributed by atoms with van der Waals surface area (Å²) in [4.78, 5) is 0. The number of halogens is 2. The second-order valence-corrected chi connectivity index (χ2v) is 4.76. The van der Waals surface area contributed by atoms with Crippen molar-refractivity contribution in [3.05, 3.63) is 15.9 Å². The van der Waals surface area contributed by atoms with E-state index >= 15 is 0 Å². The van der Waals surface area contributed by atoms with Gasteiger partial charge in [0.15, 0.2) is 0 Å². The lowest BCUT2D eigenvalue weighted by Gasteiger charge is -2.14. The van der Waals surface area contributed by atoms with Crippen molar-refractivity contribution >= 4 is 23.2 Å². The molecule has 2 nitrogen and oxygen atoms in total. The highest BCUT2D eigenvalue weighted by Crippen LogP contribution is 2.33. The molecule has 0 spiro atoms. The van der Waals surface area contributed by atoms with Gasteiger partial charge in [0.25, 0.3) is 0 Å². The number of hydrogen-bond acceptors (Lipinski definition) is 1. The number of nitrogens with zero attached hydrogens (tertiary/aromatic N) is 2. The fraction of sp³-hybridized carbons (Fsp3) is 0.667. The van der Waals surface area contributed by atoms with Crippen LogP contribution in [0.3, 0.4) is 0 Å². The van der Waals surface area contributed by atoms with E-state index in [-0.39, 0.29) is 5.41 Å². The fourth-order valence-corrected chi connectivity index (χ4v) is 1.77. The lowest BCUT2D eigenvalue weighted by Crippen LogP contribution is -2.13. The molecular formula is C9H14Cl2N2. The molecule has 4 heteroatoms. The summed E-state index contributed by atoms with van der Waals surface area (Å²) in [5.41, 5.74) is 0.808. The molecule has 0 saturated carbocycles. The molecule has 0 fully saturated rings. The average molecular weight is 221 g/mol. The summed E-state index contributed by atoms with van der Waals surface area (Å²) >= 11 is 12.1. The van der Waals surface area contributed by atoms with Crippen LogP contribution < -0.4 is 0 Å². The van der Waals surface area contributed by atoms with Gasteiger partial charge in [-0.1, -0.05) is 44.0 Å². The Hall–Kier alpha value is -0.210. The maximum absolute atomic E-state index is 6.06. The van der Waals surface area contributed by atoms with E-state index in [1.54, 1.807) is 4.68 Å². The maximum Gasteiger partial charge on any atom is 0.145 e. The maximum atomic E-state index is 6.06. The van der Waals surface area contributed by atoms with Crippen LogP contribution in [0.2, 0.25) is 10.2 Å². The molecule has 0 aliphatic heterocycles. The number of hydrogen-bond donors (Lipinski definition) is 0.